The minimum absolute atomic E-state index is 0.787. The summed E-state index contributed by atoms with van der Waals surface area (Å²) in [6.45, 7) is -1.61. The maximum absolute atomic E-state index is 10.7. The van der Waals surface area contributed by atoms with E-state index in [1.54, 1.807) is 0 Å². The molecule has 0 saturated heterocycles. The molecule has 0 spiro atoms. The predicted molar refractivity (Wildman–Crippen MR) is 37.2 cm³/mol. The first-order valence-corrected chi connectivity index (χ1v) is 3.34. The van der Waals surface area contributed by atoms with Gasteiger partial charge in [0.25, 0.3) is 0 Å². The van der Waals surface area contributed by atoms with E-state index in [2.05, 4.69) is 0 Å². The molecule has 0 aromatic carbocycles. The highest BCUT2D eigenvalue weighted by Gasteiger charge is 2.28. The topological polar surface area (TPSA) is 118 Å². The predicted octanol–water partition coefficient (Wildman–Crippen LogP) is -3.38. The van der Waals surface area contributed by atoms with Crippen molar-refractivity contribution in [2.75, 3.05) is 13.2 Å². The van der Waals surface area contributed by atoms with Gasteiger partial charge in [-0.1, -0.05) is 0 Å². The molecule has 0 unspecified atom stereocenters. The molecule has 0 aliphatic heterocycles. The Morgan fingerprint density at radius 3 is 1.92 bits per heavy atom. The molecule has 5 N–H and O–H groups in total. The van der Waals surface area contributed by atoms with Gasteiger partial charge in [-0.3, -0.25) is 4.79 Å². The van der Waals surface area contributed by atoms with Crippen LogP contribution >= 0.6 is 0 Å². The molecule has 6 nitrogen and oxygen atoms in total. The maximum atomic E-state index is 10.7. The average Bonchev–Trinajstić information content (AvgIpc) is 2.12. The Morgan fingerprint density at radius 2 is 1.58 bits per heavy atom. The van der Waals surface area contributed by atoms with Gasteiger partial charge in [0.05, 0.1) is 13.2 Å². The summed E-state index contributed by atoms with van der Waals surface area (Å²) in [4.78, 5) is 10.7. The van der Waals surface area contributed by atoms with Crippen molar-refractivity contribution in [2.45, 2.75) is 18.3 Å². The van der Waals surface area contributed by atoms with Crippen LogP contribution in [0.2, 0.25) is 0 Å². The lowest BCUT2D eigenvalue weighted by Crippen LogP contribution is -2.43. The highest BCUT2D eigenvalue weighted by molar-refractivity contribution is 5.87. The van der Waals surface area contributed by atoms with Crippen molar-refractivity contribution in [1.29, 1.82) is 0 Å². The van der Waals surface area contributed by atoms with Gasteiger partial charge < -0.3 is 25.5 Å². The molecule has 12 heavy (non-hydrogen) atoms. The Balaban J connectivity index is 4.09. The van der Waals surface area contributed by atoms with Crippen molar-refractivity contribution < 1.29 is 30.3 Å². The fourth-order valence-electron chi connectivity index (χ4n) is 0.577. The SMILES string of the molecule is O=C([C@H](O)[C@H](O)CO)[13C@H](O)CO. The Hall–Kier alpha value is -0.530. The van der Waals surface area contributed by atoms with Crippen molar-refractivity contribution >= 4 is 5.78 Å². The maximum Gasteiger partial charge on any atom is 0.194 e. The molecule has 0 saturated carbocycles. The summed E-state index contributed by atoms with van der Waals surface area (Å²) in [7, 11) is 0. The third-order valence-corrected chi connectivity index (χ3v) is 1.34. The number of ketones is 1. The molecule has 3 atom stereocenters. The molecular formula is C6H12O6. The van der Waals surface area contributed by atoms with E-state index in [0.717, 1.165) is 0 Å². The van der Waals surface area contributed by atoms with E-state index in [0.29, 0.717) is 0 Å². The first-order valence-electron chi connectivity index (χ1n) is 3.34. The van der Waals surface area contributed by atoms with Crippen molar-refractivity contribution in [1.82, 2.24) is 0 Å². The van der Waals surface area contributed by atoms with E-state index in [-0.39, 0.29) is 0 Å². The molecular weight excluding hydrogens is 169 g/mol. The lowest BCUT2D eigenvalue weighted by atomic mass is 10.2. The Morgan fingerprint density at radius 1 is 1.08 bits per heavy atom. The number of rotatable bonds is 5. The van der Waals surface area contributed by atoms with Crippen molar-refractivity contribution in [2.24, 2.45) is 0 Å². The largest absolute Gasteiger partial charge is 0.394 e. The quantitative estimate of drug-likeness (QED) is 0.282. The number of carbonyl (C=O) groups excluding carboxylic acids is 1. The second kappa shape index (κ2) is 5.18. The molecule has 0 amide bonds. The molecule has 0 bridgehead atoms. The van der Waals surface area contributed by atoms with Crippen LogP contribution in [0.1, 0.15) is 0 Å². The van der Waals surface area contributed by atoms with Crippen LogP contribution in [0.4, 0.5) is 0 Å². The Bertz CT molecular complexity index is 147. The molecule has 0 aliphatic rings. The van der Waals surface area contributed by atoms with Crippen molar-refractivity contribution in [3.05, 3.63) is 0 Å². The molecule has 0 aromatic heterocycles. The average molecular weight is 181 g/mol. The van der Waals surface area contributed by atoms with Crippen LogP contribution in [-0.4, -0.2) is 62.8 Å². The van der Waals surface area contributed by atoms with E-state index >= 15 is 0 Å². The summed E-state index contributed by atoms with van der Waals surface area (Å²) in [6.07, 6.45) is -5.21. The van der Waals surface area contributed by atoms with Crippen LogP contribution in [0.15, 0.2) is 0 Å². The van der Waals surface area contributed by atoms with E-state index in [1.807, 2.05) is 0 Å². The van der Waals surface area contributed by atoms with Gasteiger partial charge in [-0.2, -0.15) is 0 Å². The summed E-state index contributed by atoms with van der Waals surface area (Å²) in [5.74, 6) is -1.11. The molecule has 0 rings (SSSR count). The third-order valence-electron chi connectivity index (χ3n) is 1.34. The summed E-state index contributed by atoms with van der Waals surface area (Å²) in [5, 5.41) is 42.9. The third kappa shape index (κ3) is 2.84. The van der Waals surface area contributed by atoms with Gasteiger partial charge in [0, 0.05) is 0 Å². The Kier molecular flexibility index (Phi) is 4.95. The summed E-state index contributed by atoms with van der Waals surface area (Å²) in [6, 6.07) is 0. The molecule has 72 valence electrons. The van der Waals surface area contributed by atoms with E-state index < -0.39 is 37.3 Å². The second-order valence-electron chi connectivity index (χ2n) is 2.30. The molecule has 0 radical (unpaired) electrons. The van der Waals surface area contributed by atoms with Gasteiger partial charge in [-0.15, -0.1) is 0 Å². The monoisotopic (exact) mass is 181 g/mol. The fraction of sp³-hybridized carbons (Fsp3) is 0.833. The smallest absolute Gasteiger partial charge is 0.194 e. The van der Waals surface area contributed by atoms with Crippen molar-refractivity contribution in [3.63, 3.8) is 0 Å². The molecule has 0 fully saturated rings. The fourth-order valence-corrected chi connectivity index (χ4v) is 0.577. The first-order chi connectivity index (χ1) is 5.54. The number of hydrogen-bond donors (Lipinski definition) is 5. The number of aliphatic hydroxyl groups is 5. The second-order valence-corrected chi connectivity index (χ2v) is 2.30. The number of hydrogen-bond acceptors (Lipinski definition) is 6. The van der Waals surface area contributed by atoms with Gasteiger partial charge in [-0.25, -0.2) is 0 Å². The van der Waals surface area contributed by atoms with Crippen LogP contribution in [0.25, 0.3) is 0 Å². The molecule has 0 aliphatic carbocycles. The zero-order valence-electron chi connectivity index (χ0n) is 6.29. The van der Waals surface area contributed by atoms with E-state index in [4.69, 9.17) is 25.5 Å². The summed E-state index contributed by atoms with van der Waals surface area (Å²) >= 11 is 0. The van der Waals surface area contributed by atoms with Crippen molar-refractivity contribution in [3.8, 4) is 0 Å². The van der Waals surface area contributed by atoms with Gasteiger partial charge >= 0.3 is 0 Å². The van der Waals surface area contributed by atoms with E-state index in [1.165, 1.54) is 0 Å². The summed E-state index contributed by atoms with van der Waals surface area (Å²) < 4.78 is 0. The molecule has 6 heteroatoms. The van der Waals surface area contributed by atoms with Crippen LogP contribution in [-0.2, 0) is 4.79 Å². The number of carbonyl (C=O) groups is 1. The minimum Gasteiger partial charge on any atom is -0.394 e. The van der Waals surface area contributed by atoms with E-state index in [9.17, 15) is 4.79 Å². The lowest BCUT2D eigenvalue weighted by Gasteiger charge is -2.16. The van der Waals surface area contributed by atoms with Crippen LogP contribution in [0.3, 0.4) is 0 Å². The minimum atomic E-state index is -1.86. The number of Topliss-reactive ketones (excluding diaryl/α,β-unsaturated/α-hetero) is 1. The van der Waals surface area contributed by atoms with Gasteiger partial charge in [0.2, 0.25) is 0 Å². The van der Waals surface area contributed by atoms with Gasteiger partial charge in [0.15, 0.2) is 5.78 Å². The highest BCUT2D eigenvalue weighted by Crippen LogP contribution is 1.98. The molecule has 0 aromatic rings. The normalized spacial score (nSPS) is 18.4. The van der Waals surface area contributed by atoms with Crippen LogP contribution in [0, 0.1) is 0 Å². The van der Waals surface area contributed by atoms with Gasteiger partial charge in [0.1, 0.15) is 18.3 Å². The first kappa shape index (κ1) is 11.5. The standard InChI is InChI=1S/C6H12O6/c7-1-3(9)5(11)6(12)4(10)2-8/h3-5,7-11H,1-2H2/t3-,4-,5-/m1/s1/i4+1. The highest BCUT2D eigenvalue weighted by atomic mass is 16.4. The summed E-state index contributed by atoms with van der Waals surface area (Å²) in [5.41, 5.74) is 0. The zero-order chi connectivity index (χ0) is 9.72. The van der Waals surface area contributed by atoms with Crippen LogP contribution < -0.4 is 0 Å². The van der Waals surface area contributed by atoms with Gasteiger partial charge in [-0.05, 0) is 0 Å². The Labute approximate surface area is 68.7 Å². The number of aliphatic hydroxyl groups excluding tert-OH is 5. The van der Waals surface area contributed by atoms with Crippen LogP contribution in [0.5, 0.6) is 0 Å². The zero-order valence-corrected chi connectivity index (χ0v) is 6.29. The lowest BCUT2D eigenvalue weighted by molar-refractivity contribution is -0.144. The molecule has 0 heterocycles.